The minimum atomic E-state index is -0.0761. The molecule has 0 bridgehead atoms. The van der Waals surface area contributed by atoms with Crippen LogP contribution in [0.25, 0.3) is 22.5 Å². The van der Waals surface area contributed by atoms with Crippen molar-refractivity contribution in [1.82, 2.24) is 29.5 Å². The molecule has 3 aromatic heterocycles. The summed E-state index contributed by atoms with van der Waals surface area (Å²) < 4.78 is 3.32. The summed E-state index contributed by atoms with van der Waals surface area (Å²) in [7, 11) is 0. The summed E-state index contributed by atoms with van der Waals surface area (Å²) in [5.41, 5.74) is 2.22. The van der Waals surface area contributed by atoms with Crippen LogP contribution in [0.15, 0.2) is 42.9 Å². The zero-order valence-corrected chi connectivity index (χ0v) is 17.9. The van der Waals surface area contributed by atoms with E-state index < -0.39 is 0 Å². The third-order valence-electron chi connectivity index (χ3n) is 4.25. The molecule has 0 aliphatic heterocycles. The predicted molar refractivity (Wildman–Crippen MR) is 115 cm³/mol. The van der Waals surface area contributed by atoms with E-state index >= 15 is 0 Å². The summed E-state index contributed by atoms with van der Waals surface area (Å²) in [6, 6.07) is 9.13. The summed E-state index contributed by atoms with van der Waals surface area (Å²) in [5.74, 6) is 1.02. The number of halogens is 2. The minimum absolute atomic E-state index is 0.0761. The highest BCUT2D eigenvalue weighted by molar-refractivity contribution is 9.09. The molecule has 0 atom stereocenters. The summed E-state index contributed by atoms with van der Waals surface area (Å²) >= 11 is 9.33. The van der Waals surface area contributed by atoms with E-state index in [2.05, 4.69) is 41.4 Å². The van der Waals surface area contributed by atoms with E-state index in [9.17, 15) is 4.79 Å². The Kier molecular flexibility index (Phi) is 5.59. The van der Waals surface area contributed by atoms with Gasteiger partial charge in [0.05, 0.1) is 23.0 Å². The maximum Gasteiger partial charge on any atom is 0.225 e. The fraction of sp³-hybridized carbons (Fsp3) is 0.211. The van der Waals surface area contributed by atoms with Crippen molar-refractivity contribution < 1.29 is 4.79 Å². The van der Waals surface area contributed by atoms with Crippen LogP contribution < -0.4 is 5.32 Å². The summed E-state index contributed by atoms with van der Waals surface area (Å²) in [6.07, 6.45) is 4.32. The van der Waals surface area contributed by atoms with Crippen LogP contribution in [0.1, 0.15) is 18.5 Å². The van der Waals surface area contributed by atoms with Crippen molar-refractivity contribution in [2.75, 3.05) is 10.6 Å². The molecular weight excluding hydrogens is 458 g/mol. The number of hydrogen-bond donors (Lipinski definition) is 1. The molecule has 10 heteroatoms. The highest BCUT2D eigenvalue weighted by Crippen LogP contribution is 2.24. The number of carbonyl (C=O) groups excluding carboxylic acids is 1. The molecule has 0 unspecified atom stereocenters. The van der Waals surface area contributed by atoms with Gasteiger partial charge in [0.15, 0.2) is 11.5 Å². The van der Waals surface area contributed by atoms with Crippen molar-refractivity contribution in [2.45, 2.75) is 19.8 Å². The molecule has 8 nitrogen and oxygen atoms in total. The molecular formula is C19H17BrClN7O. The highest BCUT2D eigenvalue weighted by Gasteiger charge is 2.17. The van der Waals surface area contributed by atoms with Crippen molar-refractivity contribution in [2.24, 2.45) is 0 Å². The van der Waals surface area contributed by atoms with Crippen LogP contribution >= 0.6 is 27.5 Å². The van der Waals surface area contributed by atoms with Crippen LogP contribution in [0, 0.1) is 6.92 Å². The topological polar surface area (TPSA) is 90.5 Å². The molecule has 0 fully saturated rings. The first-order chi connectivity index (χ1) is 14.1. The van der Waals surface area contributed by atoms with E-state index in [1.807, 2.05) is 25.1 Å². The Morgan fingerprint density at radius 2 is 2.00 bits per heavy atom. The van der Waals surface area contributed by atoms with E-state index in [-0.39, 0.29) is 5.91 Å². The average Bonchev–Trinajstić information content (AvgIpc) is 3.30. The lowest BCUT2D eigenvalue weighted by Gasteiger charge is -2.09. The molecule has 29 heavy (non-hydrogen) atoms. The van der Waals surface area contributed by atoms with Crippen molar-refractivity contribution in [3.63, 3.8) is 0 Å². The number of fused-ring (bicyclic) bond motifs is 1. The number of nitrogens with zero attached hydrogens (tertiary/aromatic N) is 6. The van der Waals surface area contributed by atoms with Crippen LogP contribution in [0.5, 0.6) is 0 Å². The maximum absolute atomic E-state index is 12.2. The molecule has 1 amide bonds. The molecule has 0 aliphatic rings. The summed E-state index contributed by atoms with van der Waals surface area (Å²) in [5, 5.41) is 14.0. The van der Waals surface area contributed by atoms with Gasteiger partial charge in [0.2, 0.25) is 5.91 Å². The second-order valence-corrected chi connectivity index (χ2v) is 7.62. The van der Waals surface area contributed by atoms with Gasteiger partial charge in [-0.25, -0.2) is 14.6 Å². The van der Waals surface area contributed by atoms with Gasteiger partial charge >= 0.3 is 0 Å². The Morgan fingerprint density at radius 1 is 1.21 bits per heavy atom. The average molecular weight is 475 g/mol. The van der Waals surface area contributed by atoms with Crippen LogP contribution in [0.2, 0.25) is 5.02 Å². The lowest BCUT2D eigenvalue weighted by molar-refractivity contribution is -0.116. The van der Waals surface area contributed by atoms with Crippen molar-refractivity contribution in [3.8, 4) is 11.5 Å². The fourth-order valence-electron chi connectivity index (χ4n) is 2.95. The first-order valence-corrected chi connectivity index (χ1v) is 10.4. The largest absolute Gasteiger partial charge is 0.311 e. The molecule has 0 saturated heterocycles. The molecule has 148 valence electrons. The Labute approximate surface area is 180 Å². The molecule has 4 aromatic rings. The number of hydrogen-bond acceptors (Lipinski definition) is 5. The van der Waals surface area contributed by atoms with Gasteiger partial charge in [0, 0.05) is 22.8 Å². The number of amides is 1. The predicted octanol–water partition coefficient (Wildman–Crippen LogP) is 4.08. The van der Waals surface area contributed by atoms with Crippen LogP contribution in [0.4, 0.5) is 5.82 Å². The number of carbonyl (C=O) groups is 1. The Bertz CT molecular complexity index is 1170. The SMILES string of the molecule is Cc1cc(NC(=O)CCCBr)n(-c2ncnc3c2cnn3-c2ccc(Cl)cc2)n1. The Balaban J connectivity index is 1.76. The van der Waals surface area contributed by atoms with Crippen LogP contribution in [-0.2, 0) is 4.79 Å². The lowest BCUT2D eigenvalue weighted by atomic mass is 10.3. The van der Waals surface area contributed by atoms with Gasteiger partial charge in [0.1, 0.15) is 12.1 Å². The van der Waals surface area contributed by atoms with Gasteiger partial charge in [-0.05, 0) is 37.6 Å². The molecule has 1 N–H and O–H groups in total. The van der Waals surface area contributed by atoms with Crippen molar-refractivity contribution in [1.29, 1.82) is 0 Å². The van der Waals surface area contributed by atoms with Gasteiger partial charge in [-0.15, -0.1) is 0 Å². The highest BCUT2D eigenvalue weighted by atomic mass is 79.9. The van der Waals surface area contributed by atoms with Gasteiger partial charge in [-0.2, -0.15) is 14.9 Å². The Morgan fingerprint density at radius 3 is 2.76 bits per heavy atom. The summed E-state index contributed by atoms with van der Waals surface area (Å²) in [6.45, 7) is 1.86. The fourth-order valence-corrected chi connectivity index (χ4v) is 3.36. The molecule has 0 radical (unpaired) electrons. The van der Waals surface area contributed by atoms with E-state index in [4.69, 9.17) is 11.6 Å². The van der Waals surface area contributed by atoms with E-state index in [0.717, 1.165) is 23.1 Å². The monoisotopic (exact) mass is 473 g/mol. The second kappa shape index (κ2) is 8.30. The molecule has 0 aliphatic carbocycles. The van der Waals surface area contributed by atoms with Crippen molar-refractivity contribution in [3.05, 3.63) is 53.6 Å². The first kappa shape index (κ1) is 19.5. The second-order valence-electron chi connectivity index (χ2n) is 6.39. The van der Waals surface area contributed by atoms with E-state index in [0.29, 0.717) is 34.1 Å². The van der Waals surface area contributed by atoms with Crippen LogP contribution in [0.3, 0.4) is 0 Å². The normalized spacial score (nSPS) is 11.1. The molecule has 0 saturated carbocycles. The summed E-state index contributed by atoms with van der Waals surface area (Å²) in [4.78, 5) is 21.0. The van der Waals surface area contributed by atoms with Gasteiger partial charge in [0.25, 0.3) is 0 Å². The van der Waals surface area contributed by atoms with Gasteiger partial charge in [-0.1, -0.05) is 27.5 Å². The third-order valence-corrected chi connectivity index (χ3v) is 5.07. The number of alkyl halides is 1. The molecule has 0 spiro atoms. The van der Waals surface area contributed by atoms with Gasteiger partial charge in [-0.3, -0.25) is 4.79 Å². The maximum atomic E-state index is 12.2. The van der Waals surface area contributed by atoms with Crippen LogP contribution in [-0.4, -0.2) is 40.8 Å². The third kappa shape index (κ3) is 4.01. The first-order valence-electron chi connectivity index (χ1n) is 8.94. The van der Waals surface area contributed by atoms with E-state index in [1.54, 1.807) is 27.7 Å². The number of aromatic nitrogens is 6. The quantitative estimate of drug-likeness (QED) is 0.425. The Hall–Kier alpha value is -2.78. The zero-order valence-electron chi connectivity index (χ0n) is 15.5. The molecule has 4 rings (SSSR count). The standard InChI is InChI=1S/C19H17BrClN7O/c1-12-9-16(25-17(29)3-2-8-20)28(26-12)19-15-10-24-27(18(15)22-11-23-19)14-6-4-13(21)5-7-14/h4-7,9-11H,2-3,8H2,1H3,(H,25,29). The van der Waals surface area contributed by atoms with Crippen molar-refractivity contribution >= 4 is 50.3 Å². The number of anilines is 1. The lowest BCUT2D eigenvalue weighted by Crippen LogP contribution is -2.15. The number of rotatable bonds is 6. The van der Waals surface area contributed by atoms with Gasteiger partial charge < -0.3 is 5.32 Å². The molecule has 1 aromatic carbocycles. The number of nitrogens with one attached hydrogen (secondary N) is 1. The number of benzene rings is 1. The smallest absolute Gasteiger partial charge is 0.225 e. The number of aryl methyl sites for hydroxylation is 1. The molecule has 3 heterocycles. The zero-order chi connectivity index (χ0) is 20.4. The minimum Gasteiger partial charge on any atom is -0.311 e. The van der Waals surface area contributed by atoms with E-state index in [1.165, 1.54) is 6.33 Å².